The van der Waals surface area contributed by atoms with E-state index in [1.54, 1.807) is 0 Å². The van der Waals surface area contributed by atoms with Crippen LogP contribution >= 0.6 is 14.8 Å². The molecule has 0 N–H and O–H groups in total. The van der Waals surface area contributed by atoms with Gasteiger partial charge < -0.3 is 0 Å². The Morgan fingerprint density at radius 2 is 1.25 bits per heavy atom. The van der Waals surface area contributed by atoms with Crippen LogP contribution in [0.2, 0.25) is 0 Å². The van der Waals surface area contributed by atoms with Crippen LogP contribution in [0.1, 0.15) is 34.6 Å². The van der Waals surface area contributed by atoms with Gasteiger partial charge in [-0.25, -0.2) is 4.57 Å². The molecule has 0 radical (unpaired) electrons. The minimum atomic E-state index is -3.22. The molecule has 0 rings (SSSR count). The van der Waals surface area contributed by atoms with Gasteiger partial charge in [-0.1, -0.05) is 20.8 Å². The Balaban J connectivity index is 5.21. The summed E-state index contributed by atoms with van der Waals surface area (Å²) < 4.78 is 27.3. The molecule has 98 valence electrons. The Kier molecular flexibility index (Phi) is 7.84. The second-order valence-corrected chi connectivity index (χ2v) is 9.69. The van der Waals surface area contributed by atoms with E-state index in [2.05, 4.69) is 25.3 Å². The Morgan fingerprint density at radius 1 is 0.875 bits per heavy atom. The van der Waals surface area contributed by atoms with Crippen LogP contribution in [0.25, 0.3) is 0 Å². The molecule has 0 spiro atoms. The van der Waals surface area contributed by atoms with E-state index in [9.17, 15) is 4.57 Å². The van der Waals surface area contributed by atoms with Crippen molar-refractivity contribution in [3.05, 3.63) is 0 Å². The van der Waals surface area contributed by atoms with Gasteiger partial charge in [-0.3, -0.25) is 9.05 Å². The van der Waals surface area contributed by atoms with E-state index >= 15 is 0 Å². The molecule has 0 bridgehead atoms. The van der Waals surface area contributed by atoms with E-state index in [1.807, 2.05) is 13.8 Å². The van der Waals surface area contributed by atoms with Crippen molar-refractivity contribution in [3.63, 3.8) is 0 Å². The zero-order valence-corrected chi connectivity index (χ0v) is 12.9. The molecule has 0 aromatic heterocycles. The van der Waals surface area contributed by atoms with Crippen molar-refractivity contribution in [2.24, 2.45) is 4.52 Å². The summed E-state index contributed by atoms with van der Waals surface area (Å²) in [5, 5.41) is 0. The first-order valence-electron chi connectivity index (χ1n) is 6.01. The van der Waals surface area contributed by atoms with Gasteiger partial charge in [0.15, 0.2) is 0 Å². The highest BCUT2D eigenvalue weighted by Crippen LogP contribution is 2.62. The first kappa shape index (κ1) is 16.4. The van der Waals surface area contributed by atoms with Crippen molar-refractivity contribution >= 4 is 14.8 Å². The van der Waals surface area contributed by atoms with Gasteiger partial charge in [-0.2, -0.15) is 4.52 Å². The van der Waals surface area contributed by atoms with E-state index in [1.165, 1.54) is 0 Å². The van der Waals surface area contributed by atoms with Gasteiger partial charge in [0.05, 0.1) is 13.2 Å². The van der Waals surface area contributed by atoms with E-state index in [4.69, 9.17) is 9.05 Å². The van der Waals surface area contributed by atoms with Crippen LogP contribution in [-0.4, -0.2) is 31.7 Å². The average molecular weight is 269 g/mol. The molecule has 0 amide bonds. The van der Waals surface area contributed by atoms with Crippen LogP contribution in [0.15, 0.2) is 4.52 Å². The van der Waals surface area contributed by atoms with E-state index in [-0.39, 0.29) is 0 Å². The molecule has 0 fully saturated rings. The Bertz CT molecular complexity index is 263. The molecule has 4 nitrogen and oxygen atoms in total. The molecule has 0 heterocycles. The highest BCUT2D eigenvalue weighted by Gasteiger charge is 2.27. The smallest absolute Gasteiger partial charge is 0.291 e. The lowest BCUT2D eigenvalue weighted by Crippen LogP contribution is -1.98. The standard InChI is InChI=1S/C10H25NO3P2/c1-6-13-16(12,14-7-2)11-15(8-3,9-4)10-5/h6-10H2,1-5H3. The van der Waals surface area contributed by atoms with Gasteiger partial charge in [0.2, 0.25) is 0 Å². The molecule has 0 saturated carbocycles. The molecular formula is C10H25NO3P2. The molecule has 0 atom stereocenters. The molecule has 0 aliphatic carbocycles. The van der Waals surface area contributed by atoms with Crippen LogP contribution in [0.5, 0.6) is 0 Å². The average Bonchev–Trinajstić information content (AvgIpc) is 2.27. The van der Waals surface area contributed by atoms with E-state index in [0.717, 1.165) is 18.5 Å². The fourth-order valence-electron chi connectivity index (χ4n) is 1.51. The summed E-state index contributed by atoms with van der Waals surface area (Å²) in [5.74, 6) is 0. The Hall–Kier alpha value is 0.380. The third-order valence-corrected chi connectivity index (χ3v) is 9.74. The molecule has 6 heteroatoms. The summed E-state index contributed by atoms with van der Waals surface area (Å²) in [6, 6.07) is 0. The first-order chi connectivity index (χ1) is 7.51. The summed E-state index contributed by atoms with van der Waals surface area (Å²) in [6.45, 7) is 10.7. The van der Waals surface area contributed by atoms with Gasteiger partial charge >= 0.3 is 7.75 Å². The molecular weight excluding hydrogens is 244 g/mol. The first-order valence-corrected chi connectivity index (χ1v) is 9.80. The quantitative estimate of drug-likeness (QED) is 0.612. The lowest BCUT2D eigenvalue weighted by atomic mass is 10.9. The summed E-state index contributed by atoms with van der Waals surface area (Å²) in [7, 11) is -4.72. The molecule has 0 aromatic carbocycles. The Labute approximate surface area is 99.8 Å². The van der Waals surface area contributed by atoms with Gasteiger partial charge in [0, 0.05) is 0 Å². The van der Waals surface area contributed by atoms with Gasteiger partial charge in [-0.05, 0) is 39.4 Å². The minimum Gasteiger partial charge on any atom is -0.291 e. The highest BCUT2D eigenvalue weighted by atomic mass is 31.2. The van der Waals surface area contributed by atoms with Crippen molar-refractivity contribution < 1.29 is 13.6 Å². The zero-order chi connectivity index (χ0) is 12.7. The maximum absolute atomic E-state index is 12.3. The summed E-state index contributed by atoms with van der Waals surface area (Å²) in [6.07, 6.45) is 2.89. The zero-order valence-electron chi connectivity index (χ0n) is 11.1. The third-order valence-electron chi connectivity index (χ3n) is 2.65. The number of rotatable bonds is 8. The molecule has 0 aliphatic heterocycles. The van der Waals surface area contributed by atoms with Crippen LogP contribution in [-0.2, 0) is 13.6 Å². The van der Waals surface area contributed by atoms with Crippen molar-refractivity contribution in [3.8, 4) is 0 Å². The second-order valence-electron chi connectivity index (χ2n) is 3.44. The third kappa shape index (κ3) is 4.71. The molecule has 0 aromatic rings. The summed E-state index contributed by atoms with van der Waals surface area (Å²) in [5.41, 5.74) is 0. The lowest BCUT2D eigenvalue weighted by Gasteiger charge is -2.23. The van der Waals surface area contributed by atoms with Crippen molar-refractivity contribution in [1.29, 1.82) is 0 Å². The number of hydrogen-bond acceptors (Lipinski definition) is 3. The molecule has 0 saturated heterocycles. The summed E-state index contributed by atoms with van der Waals surface area (Å²) >= 11 is 0. The fraction of sp³-hybridized carbons (Fsp3) is 1.00. The summed E-state index contributed by atoms with van der Waals surface area (Å²) in [4.78, 5) is 0. The molecule has 0 unspecified atom stereocenters. The maximum Gasteiger partial charge on any atom is 0.452 e. The minimum absolute atomic E-state index is 0.373. The van der Waals surface area contributed by atoms with E-state index in [0.29, 0.717) is 13.2 Å². The van der Waals surface area contributed by atoms with Crippen LogP contribution in [0.3, 0.4) is 0 Å². The fourth-order valence-corrected chi connectivity index (χ4v) is 7.37. The van der Waals surface area contributed by atoms with Crippen LogP contribution in [0.4, 0.5) is 0 Å². The van der Waals surface area contributed by atoms with E-state index < -0.39 is 14.8 Å². The van der Waals surface area contributed by atoms with Crippen molar-refractivity contribution in [1.82, 2.24) is 0 Å². The predicted molar refractivity (Wildman–Crippen MR) is 71.8 cm³/mol. The molecule has 0 aliphatic rings. The van der Waals surface area contributed by atoms with Crippen molar-refractivity contribution in [2.45, 2.75) is 34.6 Å². The largest absolute Gasteiger partial charge is 0.452 e. The molecule has 16 heavy (non-hydrogen) atoms. The van der Waals surface area contributed by atoms with Gasteiger partial charge in [-0.15, -0.1) is 0 Å². The topological polar surface area (TPSA) is 47.9 Å². The van der Waals surface area contributed by atoms with Crippen LogP contribution < -0.4 is 0 Å². The predicted octanol–water partition coefficient (Wildman–Crippen LogP) is 4.43. The van der Waals surface area contributed by atoms with Crippen LogP contribution in [0, 0.1) is 0 Å². The normalized spacial score (nSPS) is 12.8. The SMILES string of the molecule is CCOP(=O)(N=P(CC)(CC)CC)OCC. The van der Waals surface area contributed by atoms with Crippen molar-refractivity contribution in [2.75, 3.05) is 31.7 Å². The number of hydrogen-bond donors (Lipinski definition) is 0. The lowest BCUT2D eigenvalue weighted by molar-refractivity contribution is 0.221. The monoisotopic (exact) mass is 269 g/mol. The maximum atomic E-state index is 12.3. The number of nitrogens with zero attached hydrogens (tertiary/aromatic N) is 1. The van der Waals surface area contributed by atoms with Gasteiger partial charge in [0.1, 0.15) is 0 Å². The van der Waals surface area contributed by atoms with Gasteiger partial charge in [0.25, 0.3) is 0 Å². The Morgan fingerprint density at radius 3 is 1.50 bits per heavy atom. The highest BCUT2D eigenvalue weighted by molar-refractivity contribution is 7.72. The second kappa shape index (κ2) is 7.66.